The molecule has 4 heteroatoms. The third kappa shape index (κ3) is 3.12. The van der Waals surface area contributed by atoms with Gasteiger partial charge in [0, 0.05) is 18.2 Å². The van der Waals surface area contributed by atoms with E-state index in [0.29, 0.717) is 18.6 Å². The van der Waals surface area contributed by atoms with E-state index in [-0.39, 0.29) is 12.4 Å². The highest BCUT2D eigenvalue weighted by molar-refractivity contribution is 5.69. The molecule has 0 amide bonds. The van der Waals surface area contributed by atoms with Gasteiger partial charge in [-0.3, -0.25) is 4.79 Å². The molecule has 1 aromatic rings. The summed E-state index contributed by atoms with van der Waals surface area (Å²) < 4.78 is 17.7. The molecule has 0 aliphatic heterocycles. The van der Waals surface area contributed by atoms with E-state index in [0.717, 1.165) is 0 Å². The van der Waals surface area contributed by atoms with Crippen LogP contribution >= 0.6 is 0 Å². The van der Waals surface area contributed by atoms with E-state index in [4.69, 9.17) is 4.74 Å². The van der Waals surface area contributed by atoms with Crippen LogP contribution < -0.4 is 0 Å². The Bertz CT molecular complexity index is 315. The summed E-state index contributed by atoms with van der Waals surface area (Å²) in [4.78, 5) is 14.4. The fourth-order valence-corrected chi connectivity index (χ4v) is 1.08. The first-order valence-electron chi connectivity index (χ1n) is 4.49. The molecule has 0 aliphatic rings. The number of halogens is 1. The number of nitrogens with zero attached hydrogens (tertiary/aromatic N) is 1. The molecule has 0 spiro atoms. The van der Waals surface area contributed by atoms with Crippen LogP contribution in [-0.2, 0) is 16.0 Å². The van der Waals surface area contributed by atoms with Crippen molar-refractivity contribution in [3.05, 3.63) is 29.8 Å². The molecule has 3 nitrogen and oxygen atoms in total. The van der Waals surface area contributed by atoms with Crippen LogP contribution in [0.3, 0.4) is 0 Å². The number of aromatic nitrogens is 1. The molecule has 0 fully saturated rings. The molecular weight excluding hydrogens is 185 g/mol. The third-order valence-electron chi connectivity index (χ3n) is 1.74. The average molecular weight is 197 g/mol. The number of carbonyl (C=O) groups is 1. The van der Waals surface area contributed by atoms with Crippen molar-refractivity contribution in [1.82, 2.24) is 4.98 Å². The lowest BCUT2D eigenvalue weighted by atomic mass is 10.1. The van der Waals surface area contributed by atoms with E-state index in [1.54, 1.807) is 19.1 Å². The van der Waals surface area contributed by atoms with Gasteiger partial charge in [0.2, 0.25) is 5.95 Å². The molecule has 1 aromatic heterocycles. The molecule has 0 aliphatic carbocycles. The summed E-state index contributed by atoms with van der Waals surface area (Å²) in [7, 11) is 0. The van der Waals surface area contributed by atoms with Crippen molar-refractivity contribution < 1.29 is 13.9 Å². The zero-order valence-electron chi connectivity index (χ0n) is 8.00. The number of aryl methyl sites for hydroxylation is 1. The van der Waals surface area contributed by atoms with Crippen LogP contribution in [0.4, 0.5) is 4.39 Å². The number of esters is 1. The molecule has 0 atom stereocenters. The Morgan fingerprint density at radius 1 is 1.64 bits per heavy atom. The lowest BCUT2D eigenvalue weighted by Crippen LogP contribution is -2.06. The van der Waals surface area contributed by atoms with Crippen LogP contribution in [-0.4, -0.2) is 17.6 Å². The Balaban J connectivity index is 2.46. The minimum absolute atomic E-state index is 0.191. The zero-order valence-corrected chi connectivity index (χ0v) is 8.00. The molecule has 0 saturated heterocycles. The molecular formula is C10H12FNO2. The van der Waals surface area contributed by atoms with E-state index < -0.39 is 5.95 Å². The summed E-state index contributed by atoms with van der Waals surface area (Å²) in [5.74, 6) is -0.826. The first-order chi connectivity index (χ1) is 6.74. The Labute approximate surface area is 81.9 Å². The first-order valence-corrected chi connectivity index (χ1v) is 4.49. The van der Waals surface area contributed by atoms with Crippen molar-refractivity contribution >= 4 is 5.97 Å². The molecule has 1 heterocycles. The van der Waals surface area contributed by atoms with Crippen molar-refractivity contribution in [3.63, 3.8) is 0 Å². The largest absolute Gasteiger partial charge is 0.466 e. The van der Waals surface area contributed by atoms with Crippen molar-refractivity contribution in [2.45, 2.75) is 19.8 Å². The zero-order chi connectivity index (χ0) is 10.4. The summed E-state index contributed by atoms with van der Waals surface area (Å²) in [6.45, 7) is 2.09. The van der Waals surface area contributed by atoms with Gasteiger partial charge in [-0.05, 0) is 19.4 Å². The van der Waals surface area contributed by atoms with Gasteiger partial charge in [-0.2, -0.15) is 4.39 Å². The molecule has 0 radical (unpaired) electrons. The predicted octanol–water partition coefficient (Wildman–Crippen LogP) is 1.72. The molecule has 76 valence electrons. The highest BCUT2D eigenvalue weighted by Crippen LogP contribution is 2.06. The summed E-state index contributed by atoms with van der Waals surface area (Å²) in [5, 5.41) is 0. The van der Waals surface area contributed by atoms with Gasteiger partial charge in [0.05, 0.1) is 6.61 Å². The quantitative estimate of drug-likeness (QED) is 0.545. The smallest absolute Gasteiger partial charge is 0.306 e. The normalized spacial score (nSPS) is 9.86. The Kier molecular flexibility index (Phi) is 4.04. The standard InChI is InChI=1S/C10H12FNO2/c1-2-14-9(13)6-5-8-4-3-7-12-10(8)11/h3-4,7H,2,5-6H2,1H3. The fourth-order valence-electron chi connectivity index (χ4n) is 1.08. The van der Waals surface area contributed by atoms with Gasteiger partial charge >= 0.3 is 5.97 Å². The van der Waals surface area contributed by atoms with E-state index in [1.807, 2.05) is 0 Å². The number of pyridine rings is 1. The maximum absolute atomic E-state index is 13.0. The topological polar surface area (TPSA) is 39.2 Å². The van der Waals surface area contributed by atoms with Gasteiger partial charge in [-0.1, -0.05) is 6.07 Å². The van der Waals surface area contributed by atoms with Crippen molar-refractivity contribution in [1.29, 1.82) is 0 Å². The monoisotopic (exact) mass is 197 g/mol. The second-order valence-corrected chi connectivity index (χ2v) is 2.76. The van der Waals surface area contributed by atoms with Crippen molar-refractivity contribution in [3.8, 4) is 0 Å². The first kappa shape index (κ1) is 10.6. The van der Waals surface area contributed by atoms with Crippen LogP contribution in [0.15, 0.2) is 18.3 Å². The molecule has 0 unspecified atom stereocenters. The average Bonchev–Trinajstić information content (AvgIpc) is 2.17. The number of ether oxygens (including phenoxy) is 1. The van der Waals surface area contributed by atoms with Gasteiger partial charge in [-0.25, -0.2) is 4.98 Å². The van der Waals surface area contributed by atoms with Gasteiger partial charge < -0.3 is 4.74 Å². The second-order valence-electron chi connectivity index (χ2n) is 2.76. The van der Waals surface area contributed by atoms with Gasteiger partial charge in [-0.15, -0.1) is 0 Å². The number of hydrogen-bond donors (Lipinski definition) is 0. The molecule has 0 saturated carbocycles. The van der Waals surface area contributed by atoms with Crippen LogP contribution in [0.2, 0.25) is 0 Å². The lowest BCUT2D eigenvalue weighted by Gasteiger charge is -2.02. The predicted molar refractivity (Wildman–Crippen MR) is 49.1 cm³/mol. The third-order valence-corrected chi connectivity index (χ3v) is 1.74. The Hall–Kier alpha value is -1.45. The molecule has 14 heavy (non-hydrogen) atoms. The SMILES string of the molecule is CCOC(=O)CCc1cccnc1F. The van der Waals surface area contributed by atoms with Crippen LogP contribution in [0.25, 0.3) is 0 Å². The fraction of sp³-hybridized carbons (Fsp3) is 0.400. The van der Waals surface area contributed by atoms with Crippen molar-refractivity contribution in [2.75, 3.05) is 6.61 Å². The van der Waals surface area contributed by atoms with E-state index in [2.05, 4.69) is 4.98 Å². The summed E-state index contributed by atoms with van der Waals surface area (Å²) in [6, 6.07) is 3.26. The highest BCUT2D eigenvalue weighted by Gasteiger charge is 2.06. The molecule has 1 rings (SSSR count). The minimum Gasteiger partial charge on any atom is -0.466 e. The van der Waals surface area contributed by atoms with Gasteiger partial charge in [0.1, 0.15) is 0 Å². The minimum atomic E-state index is -0.517. The lowest BCUT2D eigenvalue weighted by molar-refractivity contribution is -0.143. The summed E-state index contributed by atoms with van der Waals surface area (Å²) in [6.07, 6.45) is 1.90. The van der Waals surface area contributed by atoms with Gasteiger partial charge in [0.25, 0.3) is 0 Å². The van der Waals surface area contributed by atoms with Crippen molar-refractivity contribution in [2.24, 2.45) is 0 Å². The van der Waals surface area contributed by atoms with E-state index >= 15 is 0 Å². The van der Waals surface area contributed by atoms with E-state index in [9.17, 15) is 9.18 Å². The molecule has 0 bridgehead atoms. The Morgan fingerprint density at radius 3 is 3.07 bits per heavy atom. The second kappa shape index (κ2) is 5.32. The highest BCUT2D eigenvalue weighted by atomic mass is 19.1. The van der Waals surface area contributed by atoms with Gasteiger partial charge in [0.15, 0.2) is 0 Å². The summed E-state index contributed by atoms with van der Waals surface area (Å²) in [5.41, 5.74) is 0.445. The molecule has 0 N–H and O–H groups in total. The Morgan fingerprint density at radius 2 is 2.43 bits per heavy atom. The number of carbonyl (C=O) groups excluding carboxylic acids is 1. The van der Waals surface area contributed by atoms with Crippen LogP contribution in [0.5, 0.6) is 0 Å². The van der Waals surface area contributed by atoms with E-state index in [1.165, 1.54) is 6.20 Å². The number of hydrogen-bond acceptors (Lipinski definition) is 3. The van der Waals surface area contributed by atoms with Crippen LogP contribution in [0, 0.1) is 5.95 Å². The van der Waals surface area contributed by atoms with Crippen LogP contribution in [0.1, 0.15) is 18.9 Å². The maximum Gasteiger partial charge on any atom is 0.306 e. The molecule has 0 aromatic carbocycles. The summed E-state index contributed by atoms with van der Waals surface area (Å²) >= 11 is 0. The number of rotatable bonds is 4. The maximum atomic E-state index is 13.0.